The summed E-state index contributed by atoms with van der Waals surface area (Å²) in [6.07, 6.45) is 2.76. The predicted molar refractivity (Wildman–Crippen MR) is 186 cm³/mol. The molecule has 0 N–H and O–H groups in total. The van der Waals surface area contributed by atoms with Crippen molar-refractivity contribution in [3.05, 3.63) is 82.2 Å². The smallest absolute Gasteiger partial charge is 0.318 e. The van der Waals surface area contributed by atoms with Gasteiger partial charge in [0.2, 0.25) is 5.75 Å². The molecule has 0 saturated heterocycles. The van der Waals surface area contributed by atoms with E-state index in [1.165, 1.54) is 6.07 Å². The number of rotatable bonds is 11. The number of non-ortho nitro benzene ring substituents is 1. The van der Waals surface area contributed by atoms with Gasteiger partial charge in [-0.2, -0.15) is 0 Å². The lowest BCUT2D eigenvalue weighted by Crippen LogP contribution is -2.44. The molecule has 2 aromatic carbocycles. The first-order valence-electron chi connectivity index (χ1n) is 15.9. The minimum atomic E-state index is -0.737. The van der Waals surface area contributed by atoms with Crippen molar-refractivity contribution in [3.63, 3.8) is 0 Å². The van der Waals surface area contributed by atoms with E-state index in [1.54, 1.807) is 20.1 Å². The molecule has 0 fully saturated rings. The minimum absolute atomic E-state index is 0.00183. The van der Waals surface area contributed by atoms with E-state index in [9.17, 15) is 29.8 Å². The summed E-state index contributed by atoms with van der Waals surface area (Å²) in [5.74, 6) is -0.358. The van der Waals surface area contributed by atoms with Crippen LogP contribution in [0, 0.1) is 34.6 Å². The normalized spacial score (nSPS) is 18.9. The molecular formula is C35H40IN3O9. The number of nitrogens with zero attached hydrogens (tertiary/aromatic N) is 3. The summed E-state index contributed by atoms with van der Waals surface area (Å²) in [5.41, 5.74) is 2.27. The molecule has 0 amide bonds. The number of hydrogen-bond donors (Lipinski definition) is 0. The van der Waals surface area contributed by atoms with E-state index in [-0.39, 0.29) is 46.3 Å². The maximum absolute atomic E-state index is 14.2. The van der Waals surface area contributed by atoms with Crippen LogP contribution in [0.25, 0.3) is 0 Å². The Hall–Kier alpha value is -3.85. The quantitative estimate of drug-likeness (QED) is 0.0950. The number of methoxy groups -OCH3 is 1. The SMILES string of the molecule is CCOc1cc(C2C3=C(CC(C)(C)CC3=O)N(CCCOC)C3=C2C(=O)CC(C)(C)C3)cc(I)c1Oc1ccc([N+](=O)[O-])cc1[N+](=O)[O-]. The fraction of sp³-hybridized carbons (Fsp3) is 0.486. The molecule has 2 aliphatic carbocycles. The number of nitro groups is 2. The fourth-order valence-electron chi connectivity index (χ4n) is 7.09. The topological polar surface area (TPSA) is 151 Å². The van der Waals surface area contributed by atoms with Gasteiger partial charge in [-0.05, 0) is 83.4 Å². The van der Waals surface area contributed by atoms with Crippen molar-refractivity contribution in [2.75, 3.05) is 26.9 Å². The monoisotopic (exact) mass is 773 g/mol. The largest absolute Gasteiger partial charge is 0.490 e. The van der Waals surface area contributed by atoms with E-state index in [0.29, 0.717) is 59.1 Å². The van der Waals surface area contributed by atoms with Crippen LogP contribution < -0.4 is 9.47 Å². The van der Waals surface area contributed by atoms with Gasteiger partial charge in [0.1, 0.15) is 0 Å². The zero-order valence-electron chi connectivity index (χ0n) is 28.0. The molecule has 5 rings (SSSR count). The number of benzene rings is 2. The Morgan fingerprint density at radius 3 is 2.02 bits per heavy atom. The number of carbonyl (C=O) groups is 2. The van der Waals surface area contributed by atoms with Gasteiger partial charge in [-0.3, -0.25) is 29.8 Å². The fourth-order valence-corrected chi connectivity index (χ4v) is 7.83. The van der Waals surface area contributed by atoms with Crippen LogP contribution in [0.3, 0.4) is 0 Å². The molecule has 0 spiro atoms. The molecule has 0 bridgehead atoms. The maximum Gasteiger partial charge on any atom is 0.318 e. The minimum Gasteiger partial charge on any atom is -0.490 e. The molecule has 0 atom stereocenters. The van der Waals surface area contributed by atoms with Crippen molar-refractivity contribution >= 4 is 45.5 Å². The van der Waals surface area contributed by atoms with E-state index < -0.39 is 27.1 Å². The van der Waals surface area contributed by atoms with Crippen molar-refractivity contribution in [2.45, 2.75) is 72.6 Å². The summed E-state index contributed by atoms with van der Waals surface area (Å²) < 4.78 is 18.0. The highest BCUT2D eigenvalue weighted by atomic mass is 127. The molecule has 1 heterocycles. The number of Topliss-reactive ketones (excluding diaryl/α,β-unsaturated/α-hetero) is 2. The standard InChI is InChI=1S/C35H40IN3O9/c1-7-47-29-14-20(13-22(36)33(29)48-28-10-9-21(38(42)43)15-23(28)39(44)45)30-31-24(16-34(2,3)18-26(31)40)37(11-8-12-46-6)25-17-35(4,5)19-27(41)32(25)30/h9-10,13-15,30H,7-8,11-12,16-19H2,1-6H3. The van der Waals surface area contributed by atoms with E-state index in [2.05, 4.69) is 55.2 Å². The second-order valence-electron chi connectivity index (χ2n) is 14.1. The second-order valence-corrected chi connectivity index (χ2v) is 15.2. The number of ketones is 2. The average Bonchev–Trinajstić information content (AvgIpc) is 2.98. The van der Waals surface area contributed by atoms with Crippen molar-refractivity contribution in [1.29, 1.82) is 0 Å². The van der Waals surface area contributed by atoms with Crippen LogP contribution in [0.4, 0.5) is 11.4 Å². The average molecular weight is 774 g/mol. The van der Waals surface area contributed by atoms with Crippen molar-refractivity contribution in [3.8, 4) is 17.2 Å². The Bertz CT molecular complexity index is 1710. The van der Waals surface area contributed by atoms with Crippen molar-refractivity contribution < 1.29 is 33.6 Å². The lowest BCUT2D eigenvalue weighted by Gasteiger charge is -2.49. The van der Waals surface area contributed by atoms with Gasteiger partial charge in [0, 0.05) is 67.6 Å². The third-order valence-electron chi connectivity index (χ3n) is 8.98. The highest BCUT2D eigenvalue weighted by molar-refractivity contribution is 14.1. The van der Waals surface area contributed by atoms with Gasteiger partial charge in [-0.25, -0.2) is 0 Å². The van der Waals surface area contributed by atoms with Crippen LogP contribution in [0.1, 0.15) is 78.2 Å². The zero-order valence-corrected chi connectivity index (χ0v) is 30.2. The predicted octanol–water partition coefficient (Wildman–Crippen LogP) is 8.02. The zero-order chi connectivity index (χ0) is 35.1. The highest BCUT2D eigenvalue weighted by Crippen LogP contribution is 2.55. The molecule has 13 heteroatoms. The number of nitro benzene ring substituents is 2. The summed E-state index contributed by atoms with van der Waals surface area (Å²) in [4.78, 5) is 52.3. The van der Waals surface area contributed by atoms with E-state index in [0.717, 1.165) is 29.9 Å². The maximum atomic E-state index is 14.2. The third kappa shape index (κ3) is 6.98. The first-order chi connectivity index (χ1) is 22.6. The summed E-state index contributed by atoms with van der Waals surface area (Å²) >= 11 is 2.05. The summed E-state index contributed by atoms with van der Waals surface area (Å²) in [7, 11) is 1.66. The number of allylic oxidation sites excluding steroid dienone is 4. The molecule has 1 aliphatic heterocycles. The van der Waals surface area contributed by atoms with Gasteiger partial charge < -0.3 is 19.1 Å². The van der Waals surface area contributed by atoms with Crippen LogP contribution in [0.2, 0.25) is 0 Å². The summed E-state index contributed by atoms with van der Waals surface area (Å²) in [5, 5.41) is 23.1. The Kier molecular flexibility index (Phi) is 10.0. The summed E-state index contributed by atoms with van der Waals surface area (Å²) in [6.45, 7) is 11.6. The van der Waals surface area contributed by atoms with E-state index in [1.807, 2.05) is 6.07 Å². The molecule has 3 aliphatic rings. The summed E-state index contributed by atoms with van der Waals surface area (Å²) in [6, 6.07) is 6.76. The molecule has 48 heavy (non-hydrogen) atoms. The molecule has 0 saturated carbocycles. The van der Waals surface area contributed by atoms with Gasteiger partial charge in [0.05, 0.1) is 26.1 Å². The number of ether oxygens (including phenoxy) is 3. The molecule has 0 radical (unpaired) electrons. The molecular weight excluding hydrogens is 733 g/mol. The van der Waals surface area contributed by atoms with Gasteiger partial charge in [-0.15, -0.1) is 0 Å². The Morgan fingerprint density at radius 2 is 1.50 bits per heavy atom. The van der Waals surface area contributed by atoms with E-state index in [4.69, 9.17) is 14.2 Å². The molecule has 0 aromatic heterocycles. The van der Waals surface area contributed by atoms with Crippen LogP contribution in [-0.4, -0.2) is 53.2 Å². The van der Waals surface area contributed by atoms with Gasteiger partial charge >= 0.3 is 5.69 Å². The van der Waals surface area contributed by atoms with Crippen molar-refractivity contribution in [2.24, 2.45) is 10.8 Å². The highest BCUT2D eigenvalue weighted by Gasteiger charge is 2.49. The second kappa shape index (κ2) is 13.6. The molecule has 256 valence electrons. The first-order valence-corrected chi connectivity index (χ1v) is 17.0. The Morgan fingerprint density at radius 1 is 0.896 bits per heavy atom. The van der Waals surface area contributed by atoms with Crippen LogP contribution >= 0.6 is 22.6 Å². The van der Waals surface area contributed by atoms with Crippen LogP contribution in [-0.2, 0) is 14.3 Å². The molecule has 2 aromatic rings. The van der Waals surface area contributed by atoms with Gasteiger partial charge in [0.25, 0.3) is 5.69 Å². The lowest BCUT2D eigenvalue weighted by atomic mass is 9.63. The van der Waals surface area contributed by atoms with Crippen LogP contribution in [0.5, 0.6) is 17.2 Å². The molecule has 0 unspecified atom stereocenters. The van der Waals surface area contributed by atoms with Gasteiger partial charge in [0.15, 0.2) is 23.1 Å². The first kappa shape index (κ1) is 35.5. The number of hydrogen-bond acceptors (Lipinski definition) is 10. The Balaban J connectivity index is 1.70. The third-order valence-corrected chi connectivity index (χ3v) is 9.78. The van der Waals surface area contributed by atoms with Crippen molar-refractivity contribution in [1.82, 2.24) is 4.90 Å². The van der Waals surface area contributed by atoms with Crippen LogP contribution in [0.15, 0.2) is 52.9 Å². The van der Waals surface area contributed by atoms with Gasteiger partial charge in [-0.1, -0.05) is 27.7 Å². The molecule has 12 nitrogen and oxygen atoms in total. The van der Waals surface area contributed by atoms with E-state index >= 15 is 0 Å². The number of halogens is 1. The lowest BCUT2D eigenvalue weighted by molar-refractivity contribution is -0.394. The Labute approximate surface area is 292 Å². The number of carbonyl (C=O) groups excluding carboxylic acids is 2.